The molecule has 0 aromatic carbocycles. The molecule has 1 aromatic rings. The van der Waals surface area contributed by atoms with Crippen LogP contribution in [0.2, 0.25) is 0 Å². The zero-order valence-corrected chi connectivity index (χ0v) is 15.4. The van der Waals surface area contributed by atoms with Gasteiger partial charge in [0, 0.05) is 30.4 Å². The van der Waals surface area contributed by atoms with Gasteiger partial charge in [0.1, 0.15) is 5.75 Å². The molecule has 1 fully saturated rings. The maximum atomic E-state index is 11.6. The Hall–Kier alpha value is -1.66. The van der Waals surface area contributed by atoms with Crippen LogP contribution in [0.1, 0.15) is 52.1 Å². The van der Waals surface area contributed by atoms with E-state index in [1.54, 1.807) is 18.3 Å². The Morgan fingerprint density at radius 2 is 2.16 bits per heavy atom. The number of nitrogens with two attached hydrogens (primary N) is 1. The summed E-state index contributed by atoms with van der Waals surface area (Å²) in [6.45, 7) is 6.75. The second kappa shape index (κ2) is 7.70. The molecule has 0 saturated heterocycles. The average molecular weight is 350 g/mol. The van der Waals surface area contributed by atoms with E-state index in [2.05, 4.69) is 11.9 Å². The average Bonchev–Trinajstić information content (AvgIpc) is 3.24. The van der Waals surface area contributed by atoms with E-state index in [0.717, 1.165) is 6.42 Å². The van der Waals surface area contributed by atoms with Crippen LogP contribution in [0.5, 0.6) is 5.75 Å². The van der Waals surface area contributed by atoms with Crippen molar-refractivity contribution in [2.75, 3.05) is 6.61 Å². The van der Waals surface area contributed by atoms with Gasteiger partial charge >= 0.3 is 5.97 Å². The summed E-state index contributed by atoms with van der Waals surface area (Å²) in [6.07, 6.45) is 5.33. The molecule has 0 aliphatic heterocycles. The fourth-order valence-corrected chi connectivity index (χ4v) is 2.87. The first kappa shape index (κ1) is 19.7. The normalized spacial score (nSPS) is 19.3. The molecule has 1 heterocycles. The molecule has 0 bridgehead atoms. The Morgan fingerprint density at radius 3 is 2.72 bits per heavy atom. The quantitative estimate of drug-likeness (QED) is 0.598. The number of ether oxygens (including phenoxy) is 1. The fourth-order valence-electron chi connectivity index (χ4n) is 2.87. The summed E-state index contributed by atoms with van der Waals surface area (Å²) in [5.74, 6) is -0.498. The number of carboxylic acid groups (broad SMARTS) is 1. The van der Waals surface area contributed by atoms with Crippen molar-refractivity contribution in [3.63, 3.8) is 0 Å². The fraction of sp³-hybridized carbons (Fsp3) is 0.684. The van der Waals surface area contributed by atoms with Gasteiger partial charge in [-0.05, 0) is 43.1 Å². The predicted octanol–water partition coefficient (Wildman–Crippen LogP) is 2.38. The Balaban J connectivity index is 2.03. The monoisotopic (exact) mass is 350 g/mol. The third-order valence-electron chi connectivity index (χ3n) is 5.03. The number of rotatable bonds is 10. The zero-order valence-electron chi connectivity index (χ0n) is 15.4. The standard InChI is InChI=1S/C19H30N2O4/c1-13(2)10-16(20)19(24,17(22)23)12-14-11-15(4-8-21-14)25-9-7-18(3)5-6-18/h4,8,11,13,16,24H,5-7,9-10,12,20H2,1-3H3,(H,22,23). The van der Waals surface area contributed by atoms with Crippen LogP contribution >= 0.6 is 0 Å². The minimum absolute atomic E-state index is 0.148. The maximum absolute atomic E-state index is 11.6. The summed E-state index contributed by atoms with van der Waals surface area (Å²) in [7, 11) is 0. The van der Waals surface area contributed by atoms with Gasteiger partial charge in [-0.15, -0.1) is 0 Å². The van der Waals surface area contributed by atoms with E-state index >= 15 is 0 Å². The number of pyridine rings is 1. The first-order valence-electron chi connectivity index (χ1n) is 8.94. The Labute approximate surface area is 149 Å². The Kier molecular flexibility index (Phi) is 6.06. The van der Waals surface area contributed by atoms with Crippen LogP contribution in [0.15, 0.2) is 18.3 Å². The molecule has 6 nitrogen and oxygen atoms in total. The first-order valence-corrected chi connectivity index (χ1v) is 8.94. The summed E-state index contributed by atoms with van der Waals surface area (Å²) in [6, 6.07) is 2.56. The van der Waals surface area contributed by atoms with Gasteiger partial charge in [0.25, 0.3) is 0 Å². The van der Waals surface area contributed by atoms with Crippen LogP contribution in [0.25, 0.3) is 0 Å². The molecule has 1 aliphatic rings. The number of carbonyl (C=O) groups is 1. The van der Waals surface area contributed by atoms with Gasteiger partial charge in [0.15, 0.2) is 5.60 Å². The molecule has 6 heteroatoms. The van der Waals surface area contributed by atoms with Gasteiger partial charge in [-0.25, -0.2) is 4.79 Å². The lowest BCUT2D eigenvalue weighted by atomic mass is 9.84. The van der Waals surface area contributed by atoms with E-state index in [0.29, 0.717) is 29.9 Å². The largest absolute Gasteiger partial charge is 0.493 e. The Morgan fingerprint density at radius 1 is 1.48 bits per heavy atom. The molecular formula is C19H30N2O4. The minimum atomic E-state index is -2.04. The molecule has 2 rings (SSSR count). The second-order valence-electron chi connectivity index (χ2n) is 8.03. The van der Waals surface area contributed by atoms with Crippen molar-refractivity contribution in [1.29, 1.82) is 0 Å². The van der Waals surface area contributed by atoms with Crippen molar-refractivity contribution in [1.82, 2.24) is 4.98 Å². The third kappa shape index (κ3) is 5.41. The van der Waals surface area contributed by atoms with Gasteiger partial charge in [0.05, 0.1) is 6.61 Å². The number of nitrogens with zero attached hydrogens (tertiary/aromatic N) is 1. The predicted molar refractivity (Wildman–Crippen MR) is 95.4 cm³/mol. The maximum Gasteiger partial charge on any atom is 0.337 e. The summed E-state index contributed by atoms with van der Waals surface area (Å²) < 4.78 is 5.76. The minimum Gasteiger partial charge on any atom is -0.493 e. The van der Waals surface area contributed by atoms with Gasteiger partial charge in [-0.1, -0.05) is 20.8 Å². The SMILES string of the molecule is CC(C)CC(N)C(O)(Cc1cc(OCCC2(C)CC2)ccn1)C(=O)O. The molecule has 2 atom stereocenters. The molecule has 0 amide bonds. The van der Waals surface area contributed by atoms with Gasteiger partial charge < -0.3 is 20.7 Å². The number of carboxylic acids is 1. The highest BCUT2D eigenvalue weighted by Crippen LogP contribution is 2.47. The molecule has 0 spiro atoms. The van der Waals surface area contributed by atoms with Crippen LogP contribution in [0.4, 0.5) is 0 Å². The lowest BCUT2D eigenvalue weighted by Crippen LogP contribution is -2.56. The summed E-state index contributed by atoms with van der Waals surface area (Å²) >= 11 is 0. The van der Waals surface area contributed by atoms with Crippen LogP contribution in [0, 0.1) is 11.3 Å². The third-order valence-corrected chi connectivity index (χ3v) is 5.03. The van der Waals surface area contributed by atoms with Crippen molar-refractivity contribution in [3.8, 4) is 5.75 Å². The van der Waals surface area contributed by atoms with Crippen molar-refractivity contribution in [3.05, 3.63) is 24.0 Å². The molecule has 0 radical (unpaired) electrons. The smallest absolute Gasteiger partial charge is 0.337 e. The summed E-state index contributed by atoms with van der Waals surface area (Å²) in [4.78, 5) is 15.8. The topological polar surface area (TPSA) is 106 Å². The number of aliphatic hydroxyl groups is 1. The molecule has 2 unspecified atom stereocenters. The molecule has 1 saturated carbocycles. The van der Waals surface area contributed by atoms with Crippen molar-refractivity contribution >= 4 is 5.97 Å². The van der Waals surface area contributed by atoms with Crippen LogP contribution < -0.4 is 10.5 Å². The van der Waals surface area contributed by atoms with Gasteiger partial charge in [-0.2, -0.15) is 0 Å². The molecule has 25 heavy (non-hydrogen) atoms. The Bertz CT molecular complexity index is 601. The molecular weight excluding hydrogens is 320 g/mol. The van der Waals surface area contributed by atoms with E-state index in [1.807, 2.05) is 13.8 Å². The van der Waals surface area contributed by atoms with Gasteiger partial charge in [-0.3, -0.25) is 4.98 Å². The lowest BCUT2D eigenvalue weighted by Gasteiger charge is -2.30. The van der Waals surface area contributed by atoms with E-state index in [-0.39, 0.29) is 12.3 Å². The first-order chi connectivity index (χ1) is 11.6. The molecule has 1 aromatic heterocycles. The highest BCUT2D eigenvalue weighted by atomic mass is 16.5. The van der Waals surface area contributed by atoms with E-state index in [9.17, 15) is 15.0 Å². The number of aliphatic carboxylic acids is 1. The highest BCUT2D eigenvalue weighted by molar-refractivity contribution is 5.78. The summed E-state index contributed by atoms with van der Waals surface area (Å²) in [5.41, 5.74) is 4.82. The van der Waals surface area contributed by atoms with Crippen molar-refractivity contribution < 1.29 is 19.7 Å². The van der Waals surface area contributed by atoms with Crippen molar-refractivity contribution in [2.24, 2.45) is 17.1 Å². The second-order valence-corrected chi connectivity index (χ2v) is 8.03. The molecule has 140 valence electrons. The van der Waals surface area contributed by atoms with E-state index in [1.165, 1.54) is 12.8 Å². The summed E-state index contributed by atoms with van der Waals surface area (Å²) in [5, 5.41) is 20.1. The van der Waals surface area contributed by atoms with E-state index < -0.39 is 17.6 Å². The number of aromatic nitrogens is 1. The lowest BCUT2D eigenvalue weighted by molar-refractivity contribution is -0.161. The molecule has 1 aliphatic carbocycles. The van der Waals surface area contributed by atoms with Crippen LogP contribution in [-0.4, -0.2) is 39.4 Å². The van der Waals surface area contributed by atoms with E-state index in [4.69, 9.17) is 10.5 Å². The zero-order chi connectivity index (χ0) is 18.7. The van der Waals surface area contributed by atoms with Crippen molar-refractivity contribution in [2.45, 2.75) is 64.5 Å². The van der Waals surface area contributed by atoms with Gasteiger partial charge in [0.2, 0.25) is 0 Å². The highest BCUT2D eigenvalue weighted by Gasteiger charge is 2.43. The number of hydrogen-bond acceptors (Lipinski definition) is 5. The van der Waals surface area contributed by atoms with Crippen LogP contribution in [-0.2, 0) is 11.2 Å². The van der Waals surface area contributed by atoms with Crippen LogP contribution in [0.3, 0.4) is 0 Å². The molecule has 4 N–H and O–H groups in total. The number of hydrogen-bond donors (Lipinski definition) is 3.